The van der Waals surface area contributed by atoms with Crippen molar-refractivity contribution in [3.05, 3.63) is 53.6 Å². The largest absolute Gasteiger partial charge is 0.392 e. The number of hydrogen-bond donors (Lipinski definition) is 1. The molecule has 0 bridgehead atoms. The average Bonchev–Trinajstić information content (AvgIpc) is 3.10. The first kappa shape index (κ1) is 14.3. The van der Waals surface area contributed by atoms with Gasteiger partial charge in [0.05, 0.1) is 13.2 Å². The maximum atomic E-state index is 9.22. The fraction of sp³-hybridized carbons (Fsp3) is 0.471. The first-order valence-electron chi connectivity index (χ1n) is 7.62. The molecule has 1 atom stereocenters. The Morgan fingerprint density at radius 3 is 2.95 bits per heavy atom. The number of hydrogen-bond acceptors (Lipinski definition) is 3. The van der Waals surface area contributed by atoms with Gasteiger partial charge in [0.15, 0.2) is 0 Å². The number of aromatic nitrogens is 2. The molecule has 2 aromatic rings. The average molecular weight is 285 g/mol. The van der Waals surface area contributed by atoms with E-state index in [0.717, 1.165) is 37.4 Å². The number of benzene rings is 1. The summed E-state index contributed by atoms with van der Waals surface area (Å²) >= 11 is 0. The van der Waals surface area contributed by atoms with Crippen LogP contribution in [0.25, 0.3) is 0 Å². The lowest BCUT2D eigenvalue weighted by molar-refractivity contribution is 0.281. The molecule has 1 aliphatic heterocycles. The topological polar surface area (TPSA) is 41.3 Å². The summed E-state index contributed by atoms with van der Waals surface area (Å²) in [7, 11) is 2.05. The van der Waals surface area contributed by atoms with E-state index >= 15 is 0 Å². The van der Waals surface area contributed by atoms with E-state index in [9.17, 15) is 5.11 Å². The van der Waals surface area contributed by atoms with Crippen LogP contribution < -0.4 is 0 Å². The minimum absolute atomic E-state index is 0.129. The number of aliphatic hydroxyl groups is 1. The van der Waals surface area contributed by atoms with Gasteiger partial charge in [0, 0.05) is 26.0 Å². The van der Waals surface area contributed by atoms with Crippen molar-refractivity contribution in [1.82, 2.24) is 14.5 Å². The van der Waals surface area contributed by atoms with Gasteiger partial charge in [-0.25, -0.2) is 4.98 Å². The Morgan fingerprint density at radius 1 is 1.33 bits per heavy atom. The van der Waals surface area contributed by atoms with Gasteiger partial charge in [0.1, 0.15) is 5.82 Å². The highest BCUT2D eigenvalue weighted by molar-refractivity contribution is 5.23. The van der Waals surface area contributed by atoms with Gasteiger partial charge in [-0.05, 0) is 36.4 Å². The minimum atomic E-state index is 0.129. The second-order valence-corrected chi connectivity index (χ2v) is 6.03. The fourth-order valence-corrected chi connectivity index (χ4v) is 3.16. The van der Waals surface area contributed by atoms with Crippen molar-refractivity contribution >= 4 is 0 Å². The van der Waals surface area contributed by atoms with Gasteiger partial charge < -0.3 is 9.67 Å². The molecule has 1 aromatic carbocycles. The molecule has 21 heavy (non-hydrogen) atoms. The van der Waals surface area contributed by atoms with E-state index in [1.807, 2.05) is 24.5 Å². The number of likely N-dealkylation sites (tertiary alicyclic amines) is 1. The van der Waals surface area contributed by atoms with Crippen LogP contribution in [0.15, 0.2) is 36.7 Å². The third kappa shape index (κ3) is 3.52. The molecular formula is C17H23N3O. The van der Waals surface area contributed by atoms with Crippen LogP contribution in [0.1, 0.15) is 23.4 Å². The first-order chi connectivity index (χ1) is 10.2. The standard InChI is InChI=1S/C17H23N3O/c1-19-8-6-18-17(19)12-20-7-5-15(11-20)9-14-3-2-4-16(10-14)13-21/h2-4,6,8,10,15,21H,5,7,9,11-13H2,1H3. The molecule has 0 saturated carbocycles. The second-order valence-electron chi connectivity index (χ2n) is 6.03. The highest BCUT2D eigenvalue weighted by Gasteiger charge is 2.23. The minimum Gasteiger partial charge on any atom is -0.392 e. The number of nitrogens with zero attached hydrogens (tertiary/aromatic N) is 3. The Hall–Kier alpha value is -1.65. The summed E-state index contributed by atoms with van der Waals surface area (Å²) in [6.45, 7) is 3.36. The lowest BCUT2D eigenvalue weighted by Crippen LogP contribution is -2.22. The molecule has 2 heterocycles. The second kappa shape index (κ2) is 6.41. The molecule has 0 spiro atoms. The van der Waals surface area contributed by atoms with Crippen LogP contribution >= 0.6 is 0 Å². The number of aliphatic hydroxyl groups excluding tert-OH is 1. The monoisotopic (exact) mass is 285 g/mol. The molecule has 112 valence electrons. The molecular weight excluding hydrogens is 262 g/mol. The van der Waals surface area contributed by atoms with Crippen molar-refractivity contribution in [3.63, 3.8) is 0 Å². The zero-order chi connectivity index (χ0) is 14.7. The van der Waals surface area contributed by atoms with Crippen molar-refractivity contribution in [1.29, 1.82) is 0 Å². The van der Waals surface area contributed by atoms with Crippen LogP contribution in [0.3, 0.4) is 0 Å². The van der Waals surface area contributed by atoms with E-state index in [1.54, 1.807) is 0 Å². The molecule has 1 aromatic heterocycles. The summed E-state index contributed by atoms with van der Waals surface area (Å²) in [5, 5.41) is 9.22. The summed E-state index contributed by atoms with van der Waals surface area (Å²) < 4.78 is 2.10. The van der Waals surface area contributed by atoms with Crippen molar-refractivity contribution in [3.8, 4) is 0 Å². The van der Waals surface area contributed by atoms with Gasteiger partial charge >= 0.3 is 0 Å². The third-order valence-electron chi connectivity index (χ3n) is 4.35. The Balaban J connectivity index is 1.56. The van der Waals surface area contributed by atoms with Crippen LogP contribution in [-0.2, 0) is 26.6 Å². The Morgan fingerprint density at radius 2 is 2.19 bits per heavy atom. The quantitative estimate of drug-likeness (QED) is 0.913. The van der Waals surface area contributed by atoms with Crippen molar-refractivity contribution in [2.24, 2.45) is 13.0 Å². The van der Waals surface area contributed by atoms with Crippen molar-refractivity contribution < 1.29 is 5.11 Å². The summed E-state index contributed by atoms with van der Waals surface area (Å²) in [4.78, 5) is 6.89. The Bertz CT molecular complexity index is 593. The lowest BCUT2D eigenvalue weighted by atomic mass is 9.97. The van der Waals surface area contributed by atoms with E-state index in [1.165, 1.54) is 12.0 Å². The van der Waals surface area contributed by atoms with Gasteiger partial charge in [-0.15, -0.1) is 0 Å². The molecule has 4 nitrogen and oxygen atoms in total. The van der Waals surface area contributed by atoms with Gasteiger partial charge in [0.2, 0.25) is 0 Å². The van der Waals surface area contributed by atoms with Gasteiger partial charge in [-0.3, -0.25) is 4.90 Å². The highest BCUT2D eigenvalue weighted by Crippen LogP contribution is 2.22. The molecule has 3 rings (SSSR count). The van der Waals surface area contributed by atoms with Crippen LogP contribution in [0.2, 0.25) is 0 Å². The predicted molar refractivity (Wildman–Crippen MR) is 82.7 cm³/mol. The molecule has 1 fully saturated rings. The van der Waals surface area contributed by atoms with Gasteiger partial charge in [0.25, 0.3) is 0 Å². The van der Waals surface area contributed by atoms with Gasteiger partial charge in [-0.1, -0.05) is 24.3 Å². The van der Waals surface area contributed by atoms with E-state index in [0.29, 0.717) is 5.92 Å². The first-order valence-corrected chi connectivity index (χ1v) is 7.62. The van der Waals surface area contributed by atoms with E-state index in [-0.39, 0.29) is 6.61 Å². The summed E-state index contributed by atoms with van der Waals surface area (Å²) in [5.74, 6) is 1.84. The summed E-state index contributed by atoms with van der Waals surface area (Å²) in [5.41, 5.74) is 2.35. The molecule has 0 radical (unpaired) electrons. The van der Waals surface area contributed by atoms with Crippen LogP contribution in [0, 0.1) is 5.92 Å². The molecule has 0 amide bonds. The predicted octanol–water partition coefficient (Wildman–Crippen LogP) is 1.98. The summed E-state index contributed by atoms with van der Waals surface area (Å²) in [6.07, 6.45) is 6.21. The van der Waals surface area contributed by atoms with E-state index in [2.05, 4.69) is 33.6 Å². The Labute approximate surface area is 126 Å². The lowest BCUT2D eigenvalue weighted by Gasteiger charge is -2.16. The van der Waals surface area contributed by atoms with Crippen molar-refractivity contribution in [2.75, 3.05) is 13.1 Å². The van der Waals surface area contributed by atoms with Crippen molar-refractivity contribution in [2.45, 2.75) is 26.0 Å². The Kier molecular flexibility index (Phi) is 4.36. The number of rotatable bonds is 5. The molecule has 1 unspecified atom stereocenters. The zero-order valence-corrected chi connectivity index (χ0v) is 12.6. The normalized spacial score (nSPS) is 19.2. The molecule has 1 aliphatic rings. The zero-order valence-electron chi connectivity index (χ0n) is 12.6. The third-order valence-corrected chi connectivity index (χ3v) is 4.35. The van der Waals surface area contributed by atoms with Crippen LogP contribution in [0.5, 0.6) is 0 Å². The van der Waals surface area contributed by atoms with Crippen LogP contribution in [-0.4, -0.2) is 32.6 Å². The maximum absolute atomic E-state index is 9.22. The highest BCUT2D eigenvalue weighted by atomic mass is 16.3. The van der Waals surface area contributed by atoms with Gasteiger partial charge in [-0.2, -0.15) is 0 Å². The SMILES string of the molecule is Cn1ccnc1CN1CCC(Cc2cccc(CO)c2)C1. The van der Waals surface area contributed by atoms with Crippen LogP contribution in [0.4, 0.5) is 0 Å². The molecule has 0 aliphatic carbocycles. The molecule has 1 N–H and O–H groups in total. The van der Waals surface area contributed by atoms with E-state index in [4.69, 9.17) is 0 Å². The smallest absolute Gasteiger partial charge is 0.122 e. The number of aryl methyl sites for hydroxylation is 1. The van der Waals surface area contributed by atoms with E-state index < -0.39 is 0 Å². The number of imidazole rings is 1. The fourth-order valence-electron chi connectivity index (χ4n) is 3.16. The molecule has 4 heteroatoms. The maximum Gasteiger partial charge on any atom is 0.122 e. The molecule has 1 saturated heterocycles. The summed E-state index contributed by atoms with van der Waals surface area (Å²) in [6, 6.07) is 8.31.